The summed E-state index contributed by atoms with van der Waals surface area (Å²) in [6.45, 7) is 2.41. The van der Waals surface area contributed by atoms with E-state index < -0.39 is 0 Å². The van der Waals surface area contributed by atoms with Crippen LogP contribution in [0, 0.1) is 6.92 Å². The first-order valence-corrected chi connectivity index (χ1v) is 7.68. The number of nitrogens with zero attached hydrogens (tertiary/aromatic N) is 1. The smallest absolute Gasteiger partial charge is 0.321 e. The summed E-state index contributed by atoms with van der Waals surface area (Å²) in [5, 5.41) is 7.99. The summed E-state index contributed by atoms with van der Waals surface area (Å²) in [7, 11) is 3.20. The average molecular weight is 321 g/mol. The van der Waals surface area contributed by atoms with Crippen molar-refractivity contribution in [3.8, 4) is 11.5 Å². The predicted molar refractivity (Wildman–Crippen MR) is 87.1 cm³/mol. The molecule has 0 bridgehead atoms. The number of nitrogens with one attached hydrogen (secondary N) is 2. The minimum atomic E-state index is -0.255. The maximum Gasteiger partial charge on any atom is 0.321 e. The number of ether oxygens (including phenoxy) is 2. The molecule has 0 aliphatic rings. The average Bonchev–Trinajstić information content (AvgIpc) is 2.92. The molecular formula is C15H19N3O3S. The molecule has 1 aromatic carbocycles. The van der Waals surface area contributed by atoms with Crippen molar-refractivity contribution in [2.75, 3.05) is 26.1 Å². The highest BCUT2D eigenvalue weighted by Gasteiger charge is 2.06. The third-order valence-corrected chi connectivity index (χ3v) is 3.86. The fourth-order valence-electron chi connectivity index (χ4n) is 1.91. The molecule has 22 heavy (non-hydrogen) atoms. The molecular weight excluding hydrogens is 302 g/mol. The van der Waals surface area contributed by atoms with Gasteiger partial charge in [0.1, 0.15) is 0 Å². The Morgan fingerprint density at radius 3 is 2.68 bits per heavy atom. The van der Waals surface area contributed by atoms with Crippen LogP contribution in [0.5, 0.6) is 11.5 Å². The molecule has 0 saturated heterocycles. The molecule has 0 spiro atoms. The van der Waals surface area contributed by atoms with Crippen molar-refractivity contribution in [2.24, 2.45) is 0 Å². The number of methoxy groups -OCH3 is 2. The second-order valence-electron chi connectivity index (χ2n) is 4.61. The molecule has 7 heteroatoms. The number of carbonyl (C=O) groups is 1. The topological polar surface area (TPSA) is 72.5 Å². The van der Waals surface area contributed by atoms with Gasteiger partial charge in [0.2, 0.25) is 0 Å². The Bertz CT molecular complexity index is 643. The van der Waals surface area contributed by atoms with E-state index in [1.54, 1.807) is 14.2 Å². The summed E-state index contributed by atoms with van der Waals surface area (Å²) < 4.78 is 10.4. The molecule has 2 N–H and O–H groups in total. The van der Waals surface area contributed by atoms with Crippen molar-refractivity contribution in [1.82, 2.24) is 10.3 Å². The second-order valence-corrected chi connectivity index (χ2v) is 5.47. The van der Waals surface area contributed by atoms with Crippen molar-refractivity contribution < 1.29 is 14.3 Å². The number of thiazole rings is 1. The zero-order valence-electron chi connectivity index (χ0n) is 12.8. The SMILES string of the molecule is COc1ccc(CCNC(=O)Nc2nc(C)cs2)cc1OC. The molecule has 0 aliphatic heterocycles. The molecule has 0 unspecified atom stereocenters. The molecule has 118 valence electrons. The molecule has 0 aliphatic carbocycles. The van der Waals surface area contributed by atoms with E-state index in [-0.39, 0.29) is 6.03 Å². The second kappa shape index (κ2) is 7.65. The van der Waals surface area contributed by atoms with Crippen LogP contribution in [0.25, 0.3) is 0 Å². The normalized spacial score (nSPS) is 10.1. The highest BCUT2D eigenvalue weighted by molar-refractivity contribution is 7.13. The van der Waals surface area contributed by atoms with Gasteiger partial charge in [0.25, 0.3) is 0 Å². The first-order chi connectivity index (χ1) is 10.6. The van der Waals surface area contributed by atoms with Crippen molar-refractivity contribution in [3.63, 3.8) is 0 Å². The van der Waals surface area contributed by atoms with E-state index in [2.05, 4.69) is 15.6 Å². The zero-order valence-corrected chi connectivity index (χ0v) is 13.6. The number of hydrogen-bond acceptors (Lipinski definition) is 5. The third-order valence-electron chi connectivity index (χ3n) is 2.99. The lowest BCUT2D eigenvalue weighted by molar-refractivity contribution is 0.252. The largest absolute Gasteiger partial charge is 0.493 e. The number of anilines is 1. The van der Waals surface area contributed by atoms with Crippen LogP contribution in [-0.4, -0.2) is 31.8 Å². The Morgan fingerprint density at radius 2 is 2.05 bits per heavy atom. The fraction of sp³-hybridized carbons (Fsp3) is 0.333. The van der Waals surface area contributed by atoms with Gasteiger partial charge in [-0.2, -0.15) is 0 Å². The molecule has 6 nitrogen and oxygen atoms in total. The number of benzene rings is 1. The minimum absolute atomic E-state index is 0.255. The van der Waals surface area contributed by atoms with Gasteiger partial charge < -0.3 is 14.8 Å². The standard InChI is InChI=1S/C15H19N3O3S/c1-10-9-22-15(17-10)18-14(19)16-7-6-11-4-5-12(20-2)13(8-11)21-3/h4-5,8-9H,6-7H2,1-3H3,(H2,16,17,18,19). The Morgan fingerprint density at radius 1 is 1.27 bits per heavy atom. The van der Waals surface area contributed by atoms with Crippen LogP contribution in [0.3, 0.4) is 0 Å². The molecule has 2 rings (SSSR count). The summed E-state index contributed by atoms with van der Waals surface area (Å²) >= 11 is 1.40. The summed E-state index contributed by atoms with van der Waals surface area (Å²) in [6.07, 6.45) is 0.699. The van der Waals surface area contributed by atoms with Crippen LogP contribution in [-0.2, 0) is 6.42 Å². The van der Waals surface area contributed by atoms with Crippen LogP contribution in [0.15, 0.2) is 23.6 Å². The van der Waals surface area contributed by atoms with E-state index in [1.165, 1.54) is 11.3 Å². The first-order valence-electron chi connectivity index (χ1n) is 6.80. The first kappa shape index (κ1) is 16.1. The van der Waals surface area contributed by atoms with E-state index in [9.17, 15) is 4.79 Å². The zero-order chi connectivity index (χ0) is 15.9. The number of urea groups is 1. The molecule has 0 atom stereocenters. The van der Waals surface area contributed by atoms with Crippen molar-refractivity contribution in [3.05, 3.63) is 34.8 Å². The molecule has 0 fully saturated rings. The van der Waals surface area contributed by atoms with Gasteiger partial charge in [-0.05, 0) is 31.0 Å². The maximum absolute atomic E-state index is 11.7. The Kier molecular flexibility index (Phi) is 5.60. The van der Waals surface area contributed by atoms with Gasteiger partial charge in [0.15, 0.2) is 16.6 Å². The van der Waals surface area contributed by atoms with Gasteiger partial charge >= 0.3 is 6.03 Å². The van der Waals surface area contributed by atoms with Crippen LogP contribution < -0.4 is 20.1 Å². The van der Waals surface area contributed by atoms with Gasteiger partial charge in [-0.3, -0.25) is 5.32 Å². The summed E-state index contributed by atoms with van der Waals surface area (Å²) in [5.74, 6) is 1.37. The van der Waals surface area contributed by atoms with Gasteiger partial charge in [0, 0.05) is 11.9 Å². The minimum Gasteiger partial charge on any atom is -0.493 e. The van der Waals surface area contributed by atoms with Crippen LogP contribution in [0.2, 0.25) is 0 Å². The Balaban J connectivity index is 1.82. The van der Waals surface area contributed by atoms with Crippen molar-refractivity contribution in [2.45, 2.75) is 13.3 Å². The predicted octanol–water partition coefficient (Wildman–Crippen LogP) is 2.83. The fourth-order valence-corrected chi connectivity index (χ4v) is 2.59. The van der Waals surface area contributed by atoms with Crippen LogP contribution >= 0.6 is 11.3 Å². The highest BCUT2D eigenvalue weighted by atomic mass is 32.1. The monoisotopic (exact) mass is 321 g/mol. The summed E-state index contributed by atoms with van der Waals surface area (Å²) in [5.41, 5.74) is 1.95. The van der Waals surface area contributed by atoms with Gasteiger partial charge in [-0.25, -0.2) is 9.78 Å². The molecule has 0 saturated carbocycles. The number of aromatic nitrogens is 1. The quantitative estimate of drug-likeness (QED) is 0.858. The summed E-state index contributed by atoms with van der Waals surface area (Å²) in [4.78, 5) is 15.9. The molecule has 1 heterocycles. The van der Waals surface area contributed by atoms with Gasteiger partial charge in [-0.1, -0.05) is 6.07 Å². The number of carbonyl (C=O) groups excluding carboxylic acids is 1. The van der Waals surface area contributed by atoms with E-state index in [0.717, 1.165) is 11.3 Å². The van der Waals surface area contributed by atoms with E-state index in [1.807, 2.05) is 30.5 Å². The van der Waals surface area contributed by atoms with E-state index in [0.29, 0.717) is 29.6 Å². The van der Waals surface area contributed by atoms with E-state index in [4.69, 9.17) is 9.47 Å². The Hall–Kier alpha value is -2.28. The maximum atomic E-state index is 11.7. The number of hydrogen-bond donors (Lipinski definition) is 2. The Labute approximate surface area is 133 Å². The molecule has 2 amide bonds. The van der Waals surface area contributed by atoms with Crippen molar-refractivity contribution >= 4 is 22.5 Å². The number of amides is 2. The van der Waals surface area contributed by atoms with Gasteiger partial charge in [-0.15, -0.1) is 11.3 Å². The van der Waals surface area contributed by atoms with Crippen LogP contribution in [0.4, 0.5) is 9.93 Å². The number of rotatable bonds is 6. The van der Waals surface area contributed by atoms with Gasteiger partial charge in [0.05, 0.1) is 19.9 Å². The number of aryl methyl sites for hydroxylation is 1. The lowest BCUT2D eigenvalue weighted by Gasteiger charge is -2.10. The van der Waals surface area contributed by atoms with Crippen LogP contribution in [0.1, 0.15) is 11.3 Å². The lowest BCUT2D eigenvalue weighted by atomic mass is 10.1. The lowest BCUT2D eigenvalue weighted by Crippen LogP contribution is -2.30. The van der Waals surface area contributed by atoms with Crippen molar-refractivity contribution in [1.29, 1.82) is 0 Å². The third kappa shape index (κ3) is 4.36. The molecule has 1 aromatic heterocycles. The highest BCUT2D eigenvalue weighted by Crippen LogP contribution is 2.27. The van der Waals surface area contributed by atoms with E-state index >= 15 is 0 Å². The summed E-state index contributed by atoms with van der Waals surface area (Å²) in [6, 6.07) is 5.45. The molecule has 2 aromatic rings. The molecule has 0 radical (unpaired) electrons.